The van der Waals surface area contributed by atoms with E-state index in [0.29, 0.717) is 12.3 Å². The summed E-state index contributed by atoms with van der Waals surface area (Å²) in [5, 5.41) is 2.82. The second kappa shape index (κ2) is 8.68. The molecule has 1 aliphatic heterocycles. The number of ether oxygens (including phenoxy) is 2. The van der Waals surface area contributed by atoms with Crippen molar-refractivity contribution in [3.8, 4) is 5.75 Å². The van der Waals surface area contributed by atoms with Gasteiger partial charge in [0.2, 0.25) is 5.91 Å². The molecule has 3 rings (SSSR count). The number of carbonyl (C=O) groups excluding carboxylic acids is 1. The summed E-state index contributed by atoms with van der Waals surface area (Å²) in [5.41, 5.74) is 7.45. The number of halogens is 1. The predicted octanol–water partition coefficient (Wildman–Crippen LogP) is 2.91. The predicted molar refractivity (Wildman–Crippen MR) is 95.5 cm³/mol. The minimum absolute atomic E-state index is 0. The number of anilines is 1. The zero-order chi connectivity index (χ0) is 16.1. The van der Waals surface area contributed by atoms with E-state index in [1.54, 1.807) is 12.1 Å². The van der Waals surface area contributed by atoms with Crippen molar-refractivity contribution in [3.63, 3.8) is 0 Å². The number of nitrogens with two attached hydrogens (primary N) is 1. The van der Waals surface area contributed by atoms with Crippen LogP contribution in [0.1, 0.15) is 18.0 Å². The van der Waals surface area contributed by atoms with Crippen LogP contribution in [0.3, 0.4) is 0 Å². The van der Waals surface area contributed by atoms with Gasteiger partial charge in [-0.05, 0) is 29.8 Å². The highest BCUT2D eigenvalue weighted by atomic mass is 35.5. The fraction of sp³-hybridized carbons (Fsp3) is 0.278. The number of amides is 1. The number of hydrogen-bond donors (Lipinski definition) is 2. The molecule has 2 unspecified atom stereocenters. The maximum absolute atomic E-state index is 12.2. The lowest BCUT2D eigenvalue weighted by molar-refractivity contribution is -0.117. The number of benzene rings is 2. The van der Waals surface area contributed by atoms with Crippen LogP contribution in [-0.4, -0.2) is 25.2 Å². The van der Waals surface area contributed by atoms with E-state index >= 15 is 0 Å². The lowest BCUT2D eigenvalue weighted by atomic mass is 10.1. The first-order valence-electron chi connectivity index (χ1n) is 7.68. The van der Waals surface area contributed by atoms with Crippen LogP contribution in [0.4, 0.5) is 5.69 Å². The van der Waals surface area contributed by atoms with Crippen molar-refractivity contribution >= 4 is 24.0 Å². The molecule has 0 saturated carbocycles. The van der Waals surface area contributed by atoms with E-state index < -0.39 is 6.04 Å². The molecule has 3 N–H and O–H groups in total. The summed E-state index contributed by atoms with van der Waals surface area (Å²) in [6, 6.07) is 15.9. The third kappa shape index (κ3) is 4.71. The number of hydrogen-bond acceptors (Lipinski definition) is 4. The van der Waals surface area contributed by atoms with E-state index in [9.17, 15) is 4.79 Å². The van der Waals surface area contributed by atoms with Crippen LogP contribution in [0.25, 0.3) is 0 Å². The molecule has 0 spiro atoms. The summed E-state index contributed by atoms with van der Waals surface area (Å²) in [6.07, 6.45) is 1.02. The Labute approximate surface area is 147 Å². The maximum atomic E-state index is 12.2. The van der Waals surface area contributed by atoms with Gasteiger partial charge in [0.05, 0.1) is 13.2 Å². The fourth-order valence-corrected chi connectivity index (χ4v) is 2.45. The molecular weight excluding hydrogens is 328 g/mol. The highest BCUT2D eigenvalue weighted by Gasteiger charge is 2.18. The van der Waals surface area contributed by atoms with Gasteiger partial charge in [0.15, 0.2) is 0 Å². The van der Waals surface area contributed by atoms with Crippen LogP contribution in [-0.2, 0) is 9.53 Å². The quantitative estimate of drug-likeness (QED) is 0.871. The Morgan fingerprint density at radius 3 is 2.50 bits per heavy atom. The van der Waals surface area contributed by atoms with Gasteiger partial charge >= 0.3 is 0 Å². The molecule has 2 aromatic carbocycles. The molecule has 2 aromatic rings. The molecule has 1 aliphatic rings. The molecule has 1 amide bonds. The van der Waals surface area contributed by atoms with Gasteiger partial charge in [0.25, 0.3) is 0 Å². The van der Waals surface area contributed by atoms with Gasteiger partial charge < -0.3 is 20.5 Å². The van der Waals surface area contributed by atoms with Gasteiger partial charge in [-0.1, -0.05) is 30.3 Å². The molecule has 0 bridgehead atoms. The van der Waals surface area contributed by atoms with Crippen molar-refractivity contribution in [1.82, 2.24) is 0 Å². The van der Waals surface area contributed by atoms with Crippen molar-refractivity contribution in [2.24, 2.45) is 5.73 Å². The molecule has 0 radical (unpaired) electrons. The Morgan fingerprint density at radius 1 is 1.17 bits per heavy atom. The smallest absolute Gasteiger partial charge is 0.245 e. The maximum Gasteiger partial charge on any atom is 0.245 e. The second-order valence-electron chi connectivity index (χ2n) is 5.51. The summed E-state index contributed by atoms with van der Waals surface area (Å²) in [5.74, 6) is 0.528. The summed E-state index contributed by atoms with van der Waals surface area (Å²) in [6.45, 7) is 1.38. The molecule has 1 fully saturated rings. The number of carbonyl (C=O) groups is 1. The zero-order valence-corrected chi connectivity index (χ0v) is 14.0. The van der Waals surface area contributed by atoms with Crippen molar-refractivity contribution < 1.29 is 14.3 Å². The Balaban J connectivity index is 0.00000208. The normalized spacial score (nSPS) is 17.6. The average molecular weight is 349 g/mol. The van der Waals surface area contributed by atoms with Crippen LogP contribution in [0.15, 0.2) is 54.6 Å². The minimum Gasteiger partial charge on any atom is -0.488 e. The van der Waals surface area contributed by atoms with Crippen LogP contribution < -0.4 is 15.8 Å². The summed E-state index contributed by atoms with van der Waals surface area (Å²) < 4.78 is 11.1. The van der Waals surface area contributed by atoms with Crippen LogP contribution in [0.5, 0.6) is 5.75 Å². The lowest BCUT2D eigenvalue weighted by Crippen LogP contribution is -2.27. The standard InChI is InChI=1S/C18H20N2O3.ClH/c19-17(13-4-2-1-3-5-13)18(21)20-14-6-8-15(9-7-14)23-16-10-11-22-12-16;/h1-9,16-17H,10-12,19H2,(H,20,21);1H. The monoisotopic (exact) mass is 348 g/mol. The molecule has 1 saturated heterocycles. The van der Waals surface area contributed by atoms with Crippen molar-refractivity contribution in [2.75, 3.05) is 18.5 Å². The van der Waals surface area contributed by atoms with E-state index in [-0.39, 0.29) is 24.4 Å². The largest absolute Gasteiger partial charge is 0.488 e. The zero-order valence-electron chi connectivity index (χ0n) is 13.2. The van der Waals surface area contributed by atoms with E-state index in [2.05, 4.69) is 5.32 Å². The van der Waals surface area contributed by atoms with Crippen molar-refractivity contribution in [3.05, 3.63) is 60.2 Å². The van der Waals surface area contributed by atoms with Crippen molar-refractivity contribution in [2.45, 2.75) is 18.6 Å². The lowest BCUT2D eigenvalue weighted by Gasteiger charge is -2.14. The Kier molecular flexibility index (Phi) is 6.61. The molecule has 1 heterocycles. The molecule has 24 heavy (non-hydrogen) atoms. The van der Waals surface area contributed by atoms with Gasteiger partial charge in [0, 0.05) is 12.1 Å². The third-order valence-electron chi connectivity index (χ3n) is 3.75. The Morgan fingerprint density at radius 2 is 1.88 bits per heavy atom. The number of rotatable bonds is 5. The number of nitrogens with one attached hydrogen (secondary N) is 1. The van der Waals surface area contributed by atoms with E-state index in [4.69, 9.17) is 15.2 Å². The van der Waals surface area contributed by atoms with Gasteiger partial charge in [-0.2, -0.15) is 0 Å². The Hall–Kier alpha value is -2.08. The first kappa shape index (κ1) is 18.3. The van der Waals surface area contributed by atoms with Gasteiger partial charge in [-0.15, -0.1) is 12.4 Å². The molecule has 128 valence electrons. The van der Waals surface area contributed by atoms with Crippen LogP contribution in [0, 0.1) is 0 Å². The van der Waals surface area contributed by atoms with Gasteiger partial charge in [-0.25, -0.2) is 0 Å². The third-order valence-corrected chi connectivity index (χ3v) is 3.75. The van der Waals surface area contributed by atoms with Crippen LogP contribution >= 0.6 is 12.4 Å². The van der Waals surface area contributed by atoms with E-state index in [1.165, 1.54) is 0 Å². The first-order valence-corrected chi connectivity index (χ1v) is 7.68. The van der Waals surface area contributed by atoms with Gasteiger partial charge in [0.1, 0.15) is 17.9 Å². The second-order valence-corrected chi connectivity index (χ2v) is 5.51. The summed E-state index contributed by atoms with van der Waals surface area (Å²) in [4.78, 5) is 12.2. The molecule has 0 aliphatic carbocycles. The first-order chi connectivity index (χ1) is 11.2. The topological polar surface area (TPSA) is 73.6 Å². The minimum atomic E-state index is -0.692. The average Bonchev–Trinajstić information content (AvgIpc) is 3.10. The molecule has 2 atom stereocenters. The van der Waals surface area contributed by atoms with E-state index in [0.717, 1.165) is 24.3 Å². The molecule has 5 nitrogen and oxygen atoms in total. The highest BCUT2D eigenvalue weighted by molar-refractivity contribution is 5.95. The summed E-state index contributed by atoms with van der Waals surface area (Å²) in [7, 11) is 0. The molecular formula is C18H21ClN2O3. The SMILES string of the molecule is Cl.NC(C(=O)Nc1ccc(OC2CCOC2)cc1)c1ccccc1. The molecule has 0 aromatic heterocycles. The highest BCUT2D eigenvalue weighted by Crippen LogP contribution is 2.20. The Bertz CT molecular complexity index is 643. The summed E-state index contributed by atoms with van der Waals surface area (Å²) >= 11 is 0. The molecule has 6 heteroatoms. The van der Waals surface area contributed by atoms with Crippen LogP contribution in [0.2, 0.25) is 0 Å². The van der Waals surface area contributed by atoms with E-state index in [1.807, 2.05) is 42.5 Å². The van der Waals surface area contributed by atoms with Gasteiger partial charge in [-0.3, -0.25) is 4.79 Å². The van der Waals surface area contributed by atoms with Crippen molar-refractivity contribution in [1.29, 1.82) is 0 Å². The fourth-order valence-electron chi connectivity index (χ4n) is 2.45.